The van der Waals surface area contributed by atoms with Crippen molar-refractivity contribution >= 4 is 11.8 Å². The van der Waals surface area contributed by atoms with Gasteiger partial charge in [-0.1, -0.05) is 30.0 Å². The molecule has 0 amide bonds. The third kappa shape index (κ3) is 3.34. The number of nitrogens with two attached hydrogens (primary N) is 1. The van der Waals surface area contributed by atoms with E-state index in [4.69, 9.17) is 10.5 Å². The molecule has 3 rings (SSSR count). The highest BCUT2D eigenvalue weighted by molar-refractivity contribution is 7.99. The van der Waals surface area contributed by atoms with E-state index in [0.717, 1.165) is 42.1 Å². The molecule has 1 aromatic heterocycles. The van der Waals surface area contributed by atoms with Crippen molar-refractivity contribution in [2.45, 2.75) is 31.5 Å². The maximum atomic E-state index is 5.84. The molecule has 6 heteroatoms. The SMILES string of the molecule is Cc1ccccc1-n1c(CN)nnc1SC[C@@H]1CCCOC1. The van der Waals surface area contributed by atoms with Gasteiger partial charge in [-0.25, -0.2) is 0 Å². The number of aryl methyl sites for hydroxylation is 1. The zero-order valence-corrected chi connectivity index (χ0v) is 13.7. The Balaban J connectivity index is 1.82. The predicted molar refractivity (Wildman–Crippen MR) is 88.3 cm³/mol. The van der Waals surface area contributed by atoms with E-state index >= 15 is 0 Å². The molecule has 2 N–H and O–H groups in total. The Kier molecular flexibility index (Phi) is 5.12. The van der Waals surface area contributed by atoms with Gasteiger partial charge in [0.05, 0.1) is 18.8 Å². The van der Waals surface area contributed by atoms with Crippen molar-refractivity contribution in [1.29, 1.82) is 0 Å². The molecule has 2 heterocycles. The van der Waals surface area contributed by atoms with Crippen LogP contribution in [0.4, 0.5) is 0 Å². The number of benzene rings is 1. The van der Waals surface area contributed by atoms with Gasteiger partial charge in [0.15, 0.2) is 11.0 Å². The maximum Gasteiger partial charge on any atom is 0.195 e. The van der Waals surface area contributed by atoms with Crippen molar-refractivity contribution in [3.05, 3.63) is 35.7 Å². The third-order valence-electron chi connectivity index (χ3n) is 3.94. The molecule has 1 atom stereocenters. The van der Waals surface area contributed by atoms with E-state index in [1.165, 1.54) is 12.0 Å². The molecule has 1 fully saturated rings. The van der Waals surface area contributed by atoms with Crippen LogP contribution in [0.2, 0.25) is 0 Å². The van der Waals surface area contributed by atoms with E-state index < -0.39 is 0 Å². The lowest BCUT2D eigenvalue weighted by molar-refractivity contribution is 0.0632. The van der Waals surface area contributed by atoms with E-state index in [0.29, 0.717) is 12.5 Å². The van der Waals surface area contributed by atoms with Gasteiger partial charge < -0.3 is 10.5 Å². The number of thioether (sulfide) groups is 1. The molecule has 0 bridgehead atoms. The summed E-state index contributed by atoms with van der Waals surface area (Å²) in [4.78, 5) is 0. The van der Waals surface area contributed by atoms with E-state index in [1.807, 2.05) is 12.1 Å². The van der Waals surface area contributed by atoms with Gasteiger partial charge in [0, 0.05) is 12.4 Å². The van der Waals surface area contributed by atoms with Crippen molar-refractivity contribution in [1.82, 2.24) is 14.8 Å². The summed E-state index contributed by atoms with van der Waals surface area (Å²) in [5.74, 6) is 2.41. The Hall–Kier alpha value is -1.37. The van der Waals surface area contributed by atoms with Gasteiger partial charge in [-0.3, -0.25) is 4.57 Å². The molecule has 0 radical (unpaired) electrons. The van der Waals surface area contributed by atoms with E-state index in [9.17, 15) is 0 Å². The van der Waals surface area contributed by atoms with Crippen LogP contribution in [-0.2, 0) is 11.3 Å². The summed E-state index contributed by atoms with van der Waals surface area (Å²) in [6.45, 7) is 4.24. The van der Waals surface area contributed by atoms with Crippen molar-refractivity contribution in [3.8, 4) is 5.69 Å². The molecule has 0 unspecified atom stereocenters. The van der Waals surface area contributed by atoms with Crippen molar-refractivity contribution < 1.29 is 4.74 Å². The molecule has 118 valence electrons. The Bertz CT molecular complexity index is 622. The second-order valence-corrected chi connectivity index (χ2v) is 6.61. The van der Waals surface area contributed by atoms with Crippen LogP contribution >= 0.6 is 11.8 Å². The zero-order valence-electron chi connectivity index (χ0n) is 12.9. The molecule has 1 saturated heterocycles. The Morgan fingerprint density at radius 2 is 2.23 bits per heavy atom. The topological polar surface area (TPSA) is 66.0 Å². The molecule has 2 aromatic rings. The summed E-state index contributed by atoms with van der Waals surface area (Å²) in [6.07, 6.45) is 2.39. The van der Waals surface area contributed by atoms with Crippen molar-refractivity contribution in [2.75, 3.05) is 19.0 Å². The molecule has 5 nitrogen and oxygen atoms in total. The average Bonchev–Trinajstić information content (AvgIpc) is 2.97. The molecule has 1 aliphatic heterocycles. The minimum absolute atomic E-state index is 0.383. The normalized spacial score (nSPS) is 18.5. The van der Waals surface area contributed by atoms with E-state index in [1.54, 1.807) is 11.8 Å². The fraction of sp³-hybridized carbons (Fsp3) is 0.500. The van der Waals surface area contributed by atoms with Gasteiger partial charge in [-0.2, -0.15) is 0 Å². The van der Waals surface area contributed by atoms with Crippen molar-refractivity contribution in [2.24, 2.45) is 11.7 Å². The fourth-order valence-electron chi connectivity index (χ4n) is 2.71. The van der Waals surface area contributed by atoms with Crippen LogP contribution in [0.5, 0.6) is 0 Å². The van der Waals surface area contributed by atoms with Gasteiger partial charge in [-0.15, -0.1) is 10.2 Å². The summed E-state index contributed by atoms with van der Waals surface area (Å²) in [6, 6.07) is 8.26. The number of aromatic nitrogens is 3. The third-order valence-corrected chi connectivity index (χ3v) is 5.10. The molecule has 22 heavy (non-hydrogen) atoms. The number of hydrogen-bond acceptors (Lipinski definition) is 5. The van der Waals surface area contributed by atoms with Crippen LogP contribution < -0.4 is 5.73 Å². The Morgan fingerprint density at radius 3 is 2.95 bits per heavy atom. The highest BCUT2D eigenvalue weighted by Gasteiger charge is 2.18. The van der Waals surface area contributed by atoms with Crippen LogP contribution in [0.1, 0.15) is 24.2 Å². The van der Waals surface area contributed by atoms with Crippen LogP contribution in [0.15, 0.2) is 29.4 Å². The minimum atomic E-state index is 0.383. The van der Waals surface area contributed by atoms with E-state index in [-0.39, 0.29) is 0 Å². The first-order valence-electron chi connectivity index (χ1n) is 7.70. The quantitative estimate of drug-likeness (QED) is 0.858. The van der Waals surface area contributed by atoms with Crippen molar-refractivity contribution in [3.63, 3.8) is 0 Å². The van der Waals surface area contributed by atoms with Gasteiger partial charge in [-0.05, 0) is 37.3 Å². The predicted octanol–water partition coefficient (Wildman–Crippen LogP) is 2.55. The number of nitrogens with zero attached hydrogens (tertiary/aromatic N) is 3. The highest BCUT2D eigenvalue weighted by atomic mass is 32.2. The van der Waals surface area contributed by atoms with Gasteiger partial charge >= 0.3 is 0 Å². The standard InChI is InChI=1S/C16H22N4OS/c1-12-5-2-3-7-14(12)20-15(9-17)18-19-16(20)22-11-13-6-4-8-21-10-13/h2-3,5,7,13H,4,6,8-11,17H2,1H3/t13-/m1/s1. The van der Waals surface area contributed by atoms with Crippen LogP contribution in [0.25, 0.3) is 5.69 Å². The number of ether oxygens (including phenoxy) is 1. The largest absolute Gasteiger partial charge is 0.381 e. The Labute approximate surface area is 135 Å². The van der Waals surface area contributed by atoms with Gasteiger partial charge in [0.2, 0.25) is 0 Å². The molecule has 1 aromatic carbocycles. The number of hydrogen-bond donors (Lipinski definition) is 1. The van der Waals surface area contributed by atoms with Crippen LogP contribution in [0.3, 0.4) is 0 Å². The first-order chi connectivity index (χ1) is 10.8. The van der Waals surface area contributed by atoms with Gasteiger partial charge in [0.25, 0.3) is 0 Å². The molecule has 1 aliphatic rings. The van der Waals surface area contributed by atoms with Gasteiger partial charge in [0.1, 0.15) is 0 Å². The maximum absolute atomic E-state index is 5.84. The molecular weight excluding hydrogens is 296 g/mol. The summed E-state index contributed by atoms with van der Waals surface area (Å²) in [5.41, 5.74) is 8.14. The highest BCUT2D eigenvalue weighted by Crippen LogP contribution is 2.27. The van der Waals surface area contributed by atoms with E-state index in [2.05, 4.69) is 33.8 Å². The second kappa shape index (κ2) is 7.26. The zero-order chi connectivity index (χ0) is 15.4. The summed E-state index contributed by atoms with van der Waals surface area (Å²) >= 11 is 1.75. The number of para-hydroxylation sites is 1. The molecular formula is C16H22N4OS. The average molecular weight is 318 g/mol. The Morgan fingerprint density at radius 1 is 1.36 bits per heavy atom. The van der Waals surface area contributed by atoms with Crippen LogP contribution in [0, 0.1) is 12.8 Å². The first-order valence-corrected chi connectivity index (χ1v) is 8.69. The lowest BCUT2D eigenvalue weighted by atomic mass is 10.1. The fourth-order valence-corrected chi connectivity index (χ4v) is 3.79. The van der Waals surface area contributed by atoms with Crippen LogP contribution in [-0.4, -0.2) is 33.7 Å². The monoisotopic (exact) mass is 318 g/mol. The molecule has 0 spiro atoms. The lowest BCUT2D eigenvalue weighted by Gasteiger charge is -2.21. The second-order valence-electron chi connectivity index (χ2n) is 5.62. The summed E-state index contributed by atoms with van der Waals surface area (Å²) < 4.78 is 7.64. The number of rotatable bonds is 5. The first kappa shape index (κ1) is 15.5. The molecule has 0 saturated carbocycles. The molecule has 0 aliphatic carbocycles. The summed E-state index contributed by atoms with van der Waals surface area (Å²) in [7, 11) is 0. The smallest absolute Gasteiger partial charge is 0.195 e. The lowest BCUT2D eigenvalue weighted by Crippen LogP contribution is -2.19. The minimum Gasteiger partial charge on any atom is -0.381 e. The summed E-state index contributed by atoms with van der Waals surface area (Å²) in [5, 5.41) is 9.51.